The average molecular weight is 300 g/mol. The fourth-order valence-corrected chi connectivity index (χ4v) is 1.64. The summed E-state index contributed by atoms with van der Waals surface area (Å²) in [6, 6.07) is 8.31. The molecule has 0 unspecified atom stereocenters. The van der Waals surface area contributed by atoms with Crippen LogP contribution in [-0.2, 0) is 0 Å². The van der Waals surface area contributed by atoms with Gasteiger partial charge in [-0.1, -0.05) is 12.1 Å². The third-order valence-electron chi connectivity index (χ3n) is 2.11. The van der Waals surface area contributed by atoms with E-state index in [2.05, 4.69) is 15.9 Å². The molecule has 2 aromatic rings. The minimum absolute atomic E-state index is 0.000854. The number of rotatable bonds is 2. The first kappa shape index (κ1) is 11.9. The lowest BCUT2D eigenvalue weighted by Gasteiger charge is -2.09. The van der Waals surface area contributed by atoms with Gasteiger partial charge in [0.25, 0.3) is 0 Å². The van der Waals surface area contributed by atoms with Crippen LogP contribution in [0.2, 0.25) is 0 Å². The Labute approximate surface area is 105 Å². The van der Waals surface area contributed by atoms with Crippen LogP contribution in [0, 0.1) is 11.6 Å². The highest BCUT2D eigenvalue weighted by Gasteiger charge is 2.10. The third-order valence-corrected chi connectivity index (χ3v) is 2.72. The third kappa shape index (κ3) is 2.55. The summed E-state index contributed by atoms with van der Waals surface area (Å²) in [7, 11) is 0. The maximum absolute atomic E-state index is 13.3. The lowest BCUT2D eigenvalue weighted by atomic mass is 10.3. The SMILES string of the molecule is Nc1cc(Br)c(F)cc1Oc1ccccc1F. The molecule has 2 nitrogen and oxygen atoms in total. The van der Waals surface area contributed by atoms with Crippen molar-refractivity contribution in [3.8, 4) is 11.5 Å². The molecule has 0 heterocycles. The maximum atomic E-state index is 13.3. The number of nitrogens with two attached hydrogens (primary N) is 1. The highest BCUT2D eigenvalue weighted by atomic mass is 79.9. The zero-order valence-electron chi connectivity index (χ0n) is 8.58. The van der Waals surface area contributed by atoms with Gasteiger partial charge in [-0.25, -0.2) is 8.78 Å². The Bertz CT molecular complexity index is 560. The summed E-state index contributed by atoms with van der Waals surface area (Å²) in [5.41, 5.74) is 5.87. The molecule has 0 aliphatic rings. The summed E-state index contributed by atoms with van der Waals surface area (Å²) in [6.07, 6.45) is 0. The van der Waals surface area contributed by atoms with Crippen LogP contribution in [0.4, 0.5) is 14.5 Å². The molecule has 0 saturated carbocycles. The van der Waals surface area contributed by atoms with Crippen LogP contribution in [0.1, 0.15) is 0 Å². The summed E-state index contributed by atoms with van der Waals surface area (Å²) in [6.45, 7) is 0. The van der Waals surface area contributed by atoms with Gasteiger partial charge in [-0.3, -0.25) is 0 Å². The van der Waals surface area contributed by atoms with Crippen LogP contribution in [-0.4, -0.2) is 0 Å². The molecule has 5 heteroatoms. The molecule has 88 valence electrons. The molecular formula is C12H8BrF2NO. The first-order valence-electron chi connectivity index (χ1n) is 4.75. The van der Waals surface area contributed by atoms with E-state index in [0.29, 0.717) is 0 Å². The zero-order valence-corrected chi connectivity index (χ0v) is 10.2. The van der Waals surface area contributed by atoms with Crippen molar-refractivity contribution in [2.75, 3.05) is 5.73 Å². The van der Waals surface area contributed by atoms with Crippen molar-refractivity contribution in [2.24, 2.45) is 0 Å². The summed E-state index contributed by atoms with van der Waals surface area (Å²) in [5, 5.41) is 0. The summed E-state index contributed by atoms with van der Waals surface area (Å²) in [5.74, 6) is -0.975. The number of ether oxygens (including phenoxy) is 1. The van der Waals surface area contributed by atoms with E-state index in [0.717, 1.165) is 6.07 Å². The number of hydrogen-bond acceptors (Lipinski definition) is 2. The van der Waals surface area contributed by atoms with E-state index in [1.165, 1.54) is 24.3 Å². The predicted molar refractivity (Wildman–Crippen MR) is 65.0 cm³/mol. The topological polar surface area (TPSA) is 35.2 Å². The Kier molecular flexibility index (Phi) is 3.28. The molecule has 0 aliphatic heterocycles. The molecule has 0 aromatic heterocycles. The highest BCUT2D eigenvalue weighted by molar-refractivity contribution is 9.10. The van der Waals surface area contributed by atoms with Crippen molar-refractivity contribution in [3.05, 3.63) is 52.5 Å². The van der Waals surface area contributed by atoms with E-state index < -0.39 is 11.6 Å². The van der Waals surface area contributed by atoms with Crippen LogP contribution in [0.5, 0.6) is 11.5 Å². The van der Waals surface area contributed by atoms with Crippen LogP contribution >= 0.6 is 15.9 Å². The summed E-state index contributed by atoms with van der Waals surface area (Å²) < 4.78 is 32.1. The summed E-state index contributed by atoms with van der Waals surface area (Å²) in [4.78, 5) is 0. The molecule has 0 saturated heterocycles. The van der Waals surface area contributed by atoms with Crippen molar-refractivity contribution in [3.63, 3.8) is 0 Å². The van der Waals surface area contributed by atoms with Gasteiger partial charge in [0.15, 0.2) is 17.3 Å². The Morgan fingerprint density at radius 3 is 2.41 bits per heavy atom. The van der Waals surface area contributed by atoms with Crippen LogP contribution in [0.25, 0.3) is 0 Å². The second-order valence-corrected chi connectivity index (χ2v) is 4.19. The van der Waals surface area contributed by atoms with Crippen molar-refractivity contribution in [2.45, 2.75) is 0 Å². The molecule has 0 spiro atoms. The Balaban J connectivity index is 2.37. The van der Waals surface area contributed by atoms with Gasteiger partial charge in [0.1, 0.15) is 5.82 Å². The number of hydrogen-bond donors (Lipinski definition) is 1. The monoisotopic (exact) mass is 299 g/mol. The van der Waals surface area contributed by atoms with Gasteiger partial charge in [0.05, 0.1) is 10.2 Å². The highest BCUT2D eigenvalue weighted by Crippen LogP contribution is 2.32. The van der Waals surface area contributed by atoms with Crippen molar-refractivity contribution in [1.82, 2.24) is 0 Å². The van der Waals surface area contributed by atoms with E-state index in [4.69, 9.17) is 10.5 Å². The molecule has 2 rings (SSSR count). The molecule has 2 N–H and O–H groups in total. The summed E-state index contributed by atoms with van der Waals surface area (Å²) >= 11 is 3.00. The van der Waals surface area contributed by atoms with Gasteiger partial charge >= 0.3 is 0 Å². The molecule has 0 atom stereocenters. The van der Waals surface area contributed by atoms with Crippen LogP contribution in [0.3, 0.4) is 0 Å². The first-order chi connectivity index (χ1) is 8.08. The second-order valence-electron chi connectivity index (χ2n) is 3.34. The largest absolute Gasteiger partial charge is 0.452 e. The lowest BCUT2D eigenvalue weighted by Crippen LogP contribution is -1.95. The molecule has 0 radical (unpaired) electrons. The average Bonchev–Trinajstić information content (AvgIpc) is 2.29. The minimum atomic E-state index is -0.532. The van der Waals surface area contributed by atoms with Gasteiger partial charge in [-0.2, -0.15) is 0 Å². The molecular weight excluding hydrogens is 292 g/mol. The Morgan fingerprint density at radius 1 is 1.00 bits per heavy atom. The fraction of sp³-hybridized carbons (Fsp3) is 0. The normalized spacial score (nSPS) is 10.3. The number of benzene rings is 2. The van der Waals surface area contributed by atoms with Gasteiger partial charge in [-0.15, -0.1) is 0 Å². The minimum Gasteiger partial charge on any atom is -0.452 e. The predicted octanol–water partition coefficient (Wildman–Crippen LogP) is 4.10. The van der Waals surface area contributed by atoms with E-state index in [-0.39, 0.29) is 21.7 Å². The number of nitrogen functional groups attached to an aromatic ring is 1. The second kappa shape index (κ2) is 4.71. The van der Waals surface area contributed by atoms with Crippen LogP contribution in [0.15, 0.2) is 40.9 Å². The number of para-hydroxylation sites is 1. The Hall–Kier alpha value is -1.62. The molecule has 0 aliphatic carbocycles. The molecule has 2 aromatic carbocycles. The van der Waals surface area contributed by atoms with Gasteiger partial charge < -0.3 is 10.5 Å². The van der Waals surface area contributed by atoms with Crippen molar-refractivity contribution >= 4 is 21.6 Å². The van der Waals surface area contributed by atoms with E-state index in [1.54, 1.807) is 6.07 Å². The maximum Gasteiger partial charge on any atom is 0.165 e. The fourth-order valence-electron chi connectivity index (χ4n) is 1.28. The standard InChI is InChI=1S/C12H8BrF2NO/c13-7-5-10(16)12(6-9(7)15)17-11-4-2-1-3-8(11)14/h1-6H,16H2. The van der Waals surface area contributed by atoms with E-state index in [9.17, 15) is 8.78 Å². The molecule has 0 fully saturated rings. The molecule has 17 heavy (non-hydrogen) atoms. The number of halogens is 3. The van der Waals surface area contributed by atoms with Gasteiger partial charge in [0.2, 0.25) is 0 Å². The Morgan fingerprint density at radius 2 is 1.71 bits per heavy atom. The smallest absolute Gasteiger partial charge is 0.165 e. The van der Waals surface area contributed by atoms with E-state index in [1.807, 2.05) is 0 Å². The van der Waals surface area contributed by atoms with Crippen molar-refractivity contribution in [1.29, 1.82) is 0 Å². The van der Waals surface area contributed by atoms with Gasteiger partial charge in [-0.05, 0) is 34.1 Å². The quantitative estimate of drug-likeness (QED) is 0.847. The lowest BCUT2D eigenvalue weighted by molar-refractivity contribution is 0.440. The first-order valence-corrected chi connectivity index (χ1v) is 5.54. The number of anilines is 1. The van der Waals surface area contributed by atoms with Crippen LogP contribution < -0.4 is 10.5 Å². The van der Waals surface area contributed by atoms with Crippen molar-refractivity contribution < 1.29 is 13.5 Å². The molecule has 0 amide bonds. The zero-order chi connectivity index (χ0) is 12.4. The molecule has 0 bridgehead atoms. The van der Waals surface area contributed by atoms with Gasteiger partial charge in [0, 0.05) is 6.07 Å². The van der Waals surface area contributed by atoms with E-state index >= 15 is 0 Å².